The molecule has 2 N–H and O–H groups in total. The van der Waals surface area contributed by atoms with Gasteiger partial charge in [0.25, 0.3) is 0 Å². The predicted molar refractivity (Wildman–Crippen MR) is 50.4 cm³/mol. The fourth-order valence-corrected chi connectivity index (χ4v) is 1.51. The average molecular weight is 177 g/mol. The van der Waals surface area contributed by atoms with Gasteiger partial charge in [-0.2, -0.15) is 0 Å². The first-order chi connectivity index (χ1) is 6.27. The van der Waals surface area contributed by atoms with Gasteiger partial charge in [-0.25, -0.2) is 0 Å². The molecule has 3 heteroatoms. The van der Waals surface area contributed by atoms with Gasteiger partial charge in [0.05, 0.1) is 0 Å². The Bertz CT molecular complexity index is 358. The summed E-state index contributed by atoms with van der Waals surface area (Å²) in [5.74, 6) is 0.362. The molecular formula is C10H11NO2. The van der Waals surface area contributed by atoms with Gasteiger partial charge >= 0.3 is 0 Å². The topological polar surface area (TPSA) is 52.8 Å². The van der Waals surface area contributed by atoms with Crippen LogP contribution in [0.2, 0.25) is 0 Å². The number of aromatic hydroxyl groups is 2. The fourth-order valence-electron chi connectivity index (χ4n) is 1.51. The zero-order valence-corrected chi connectivity index (χ0v) is 7.20. The summed E-state index contributed by atoms with van der Waals surface area (Å²) in [5.41, 5.74) is 1.56. The Morgan fingerprint density at radius 2 is 2.08 bits per heavy atom. The Hall–Kier alpha value is -1.51. The lowest BCUT2D eigenvalue weighted by Gasteiger charge is -2.03. The highest BCUT2D eigenvalue weighted by Crippen LogP contribution is 2.25. The number of benzene rings is 1. The molecule has 0 unspecified atom stereocenters. The highest BCUT2D eigenvalue weighted by atomic mass is 16.3. The molecule has 0 atom stereocenters. The van der Waals surface area contributed by atoms with Gasteiger partial charge in [-0.1, -0.05) is 0 Å². The minimum atomic E-state index is 0.169. The van der Waals surface area contributed by atoms with E-state index in [1.54, 1.807) is 6.07 Å². The minimum Gasteiger partial charge on any atom is -0.508 e. The van der Waals surface area contributed by atoms with E-state index in [0.29, 0.717) is 5.56 Å². The van der Waals surface area contributed by atoms with Crippen LogP contribution in [0.25, 0.3) is 0 Å². The largest absolute Gasteiger partial charge is 0.508 e. The number of nitrogens with zero attached hydrogens (tertiary/aromatic N) is 1. The molecule has 0 saturated carbocycles. The van der Waals surface area contributed by atoms with E-state index in [4.69, 9.17) is 0 Å². The van der Waals surface area contributed by atoms with E-state index < -0.39 is 0 Å². The second-order valence-electron chi connectivity index (χ2n) is 3.13. The molecule has 1 aromatic carbocycles. The van der Waals surface area contributed by atoms with E-state index in [0.717, 1.165) is 25.1 Å². The Morgan fingerprint density at radius 3 is 2.77 bits per heavy atom. The van der Waals surface area contributed by atoms with Crippen LogP contribution >= 0.6 is 0 Å². The van der Waals surface area contributed by atoms with Gasteiger partial charge in [-0.05, 0) is 31.0 Å². The van der Waals surface area contributed by atoms with Crippen molar-refractivity contribution in [3.8, 4) is 11.5 Å². The summed E-state index contributed by atoms with van der Waals surface area (Å²) in [5, 5.41) is 18.7. The van der Waals surface area contributed by atoms with E-state index >= 15 is 0 Å². The van der Waals surface area contributed by atoms with Crippen LogP contribution in [0.1, 0.15) is 18.4 Å². The molecular weight excluding hydrogens is 166 g/mol. The standard InChI is InChI=1S/C10H11NO2/c12-7-3-4-10(13)8(6-7)9-2-1-5-11-9/h3-4,6,12-13H,1-2,5H2. The Labute approximate surface area is 76.4 Å². The number of hydrogen-bond donors (Lipinski definition) is 2. The van der Waals surface area contributed by atoms with Gasteiger partial charge in [0.2, 0.25) is 0 Å². The molecule has 1 aliphatic rings. The molecule has 0 spiro atoms. The quantitative estimate of drug-likeness (QED) is 0.641. The third-order valence-corrected chi connectivity index (χ3v) is 2.17. The van der Waals surface area contributed by atoms with Crippen LogP contribution in [0, 0.1) is 0 Å². The van der Waals surface area contributed by atoms with Gasteiger partial charge in [-0.3, -0.25) is 4.99 Å². The normalized spacial score (nSPS) is 15.8. The Balaban J connectivity index is 2.43. The molecule has 1 heterocycles. The Morgan fingerprint density at radius 1 is 1.23 bits per heavy atom. The summed E-state index contributed by atoms with van der Waals surface area (Å²) in [6, 6.07) is 4.51. The summed E-state index contributed by atoms with van der Waals surface area (Å²) < 4.78 is 0. The average Bonchev–Trinajstić information content (AvgIpc) is 2.61. The highest BCUT2D eigenvalue weighted by molar-refractivity contribution is 6.03. The van der Waals surface area contributed by atoms with Crippen molar-refractivity contribution in [1.29, 1.82) is 0 Å². The molecule has 0 aromatic heterocycles. The molecule has 0 fully saturated rings. The monoisotopic (exact) mass is 177 g/mol. The predicted octanol–water partition coefficient (Wildman–Crippen LogP) is 1.68. The van der Waals surface area contributed by atoms with Crippen LogP contribution in [0.4, 0.5) is 0 Å². The van der Waals surface area contributed by atoms with Gasteiger partial charge in [0, 0.05) is 17.8 Å². The molecule has 68 valence electrons. The maximum absolute atomic E-state index is 9.50. The zero-order valence-electron chi connectivity index (χ0n) is 7.20. The molecule has 0 amide bonds. The van der Waals surface area contributed by atoms with Crippen molar-refractivity contribution in [2.45, 2.75) is 12.8 Å². The maximum atomic E-state index is 9.50. The van der Waals surface area contributed by atoms with Crippen LogP contribution in [0.3, 0.4) is 0 Å². The van der Waals surface area contributed by atoms with Crippen molar-refractivity contribution in [2.75, 3.05) is 6.54 Å². The molecule has 1 aromatic rings. The summed E-state index contributed by atoms with van der Waals surface area (Å²) in [6.07, 6.45) is 1.92. The van der Waals surface area contributed by atoms with E-state index in [-0.39, 0.29) is 11.5 Å². The number of hydrogen-bond acceptors (Lipinski definition) is 3. The van der Waals surface area contributed by atoms with E-state index in [1.807, 2.05) is 0 Å². The van der Waals surface area contributed by atoms with Gasteiger partial charge in [-0.15, -0.1) is 0 Å². The van der Waals surface area contributed by atoms with E-state index in [1.165, 1.54) is 12.1 Å². The van der Waals surface area contributed by atoms with Gasteiger partial charge < -0.3 is 10.2 Å². The third kappa shape index (κ3) is 1.49. The molecule has 1 aliphatic heterocycles. The lowest BCUT2D eigenvalue weighted by molar-refractivity contribution is 0.459. The first kappa shape index (κ1) is 8.10. The van der Waals surface area contributed by atoms with Crippen molar-refractivity contribution >= 4 is 5.71 Å². The van der Waals surface area contributed by atoms with Crippen molar-refractivity contribution < 1.29 is 10.2 Å². The third-order valence-electron chi connectivity index (χ3n) is 2.17. The van der Waals surface area contributed by atoms with Crippen LogP contribution in [-0.2, 0) is 0 Å². The summed E-state index contributed by atoms with van der Waals surface area (Å²) in [7, 11) is 0. The molecule has 2 rings (SSSR count). The molecule has 13 heavy (non-hydrogen) atoms. The number of aliphatic imine (C=N–C) groups is 1. The SMILES string of the molecule is Oc1ccc(O)c(C2=NCCC2)c1. The van der Waals surface area contributed by atoms with Crippen LogP contribution in [0.15, 0.2) is 23.2 Å². The zero-order chi connectivity index (χ0) is 9.26. The van der Waals surface area contributed by atoms with Gasteiger partial charge in [0.1, 0.15) is 11.5 Å². The number of phenols is 2. The van der Waals surface area contributed by atoms with Crippen LogP contribution < -0.4 is 0 Å². The highest BCUT2D eigenvalue weighted by Gasteiger charge is 2.13. The van der Waals surface area contributed by atoms with Crippen molar-refractivity contribution in [3.63, 3.8) is 0 Å². The molecule has 3 nitrogen and oxygen atoms in total. The van der Waals surface area contributed by atoms with Crippen LogP contribution in [0.5, 0.6) is 11.5 Å². The lowest BCUT2D eigenvalue weighted by Crippen LogP contribution is -1.95. The minimum absolute atomic E-state index is 0.169. The Kier molecular flexibility index (Phi) is 1.93. The molecule has 0 saturated heterocycles. The number of phenolic OH excluding ortho intramolecular Hbond substituents is 2. The van der Waals surface area contributed by atoms with Gasteiger partial charge in [0.15, 0.2) is 0 Å². The fraction of sp³-hybridized carbons (Fsp3) is 0.300. The van der Waals surface area contributed by atoms with E-state index in [9.17, 15) is 10.2 Å². The second-order valence-corrected chi connectivity index (χ2v) is 3.13. The smallest absolute Gasteiger partial charge is 0.124 e. The lowest BCUT2D eigenvalue weighted by atomic mass is 10.1. The summed E-state index contributed by atoms with van der Waals surface area (Å²) in [6.45, 7) is 0.824. The summed E-state index contributed by atoms with van der Waals surface area (Å²) in [4.78, 5) is 4.25. The van der Waals surface area contributed by atoms with Crippen LogP contribution in [-0.4, -0.2) is 22.5 Å². The van der Waals surface area contributed by atoms with Crippen molar-refractivity contribution in [3.05, 3.63) is 23.8 Å². The molecule has 0 bridgehead atoms. The second kappa shape index (κ2) is 3.09. The molecule has 0 radical (unpaired) electrons. The first-order valence-electron chi connectivity index (χ1n) is 4.33. The number of rotatable bonds is 1. The van der Waals surface area contributed by atoms with Crippen molar-refractivity contribution in [2.24, 2.45) is 4.99 Å². The maximum Gasteiger partial charge on any atom is 0.124 e. The van der Waals surface area contributed by atoms with Crippen molar-refractivity contribution in [1.82, 2.24) is 0 Å². The molecule has 0 aliphatic carbocycles. The van der Waals surface area contributed by atoms with E-state index in [2.05, 4.69) is 4.99 Å². The summed E-state index contributed by atoms with van der Waals surface area (Å²) >= 11 is 0. The first-order valence-corrected chi connectivity index (χ1v) is 4.33.